The number of hydrogen-bond donors (Lipinski definition) is 2. The highest BCUT2D eigenvalue weighted by atomic mass is 35.5. The van der Waals surface area contributed by atoms with Gasteiger partial charge in [-0.05, 0) is 87.1 Å². The number of ether oxygens (including phenoxy) is 1. The molecule has 1 saturated carbocycles. The van der Waals surface area contributed by atoms with Gasteiger partial charge < -0.3 is 20.3 Å². The summed E-state index contributed by atoms with van der Waals surface area (Å²) in [7, 11) is 3.97. The van der Waals surface area contributed by atoms with E-state index in [1.54, 1.807) is 23.0 Å². The molecule has 6 rings (SSSR count). The number of nitrogens with zero attached hydrogens (tertiary/aromatic N) is 3. The first kappa shape index (κ1) is 29.3. The van der Waals surface area contributed by atoms with Crippen molar-refractivity contribution in [3.63, 3.8) is 0 Å². The number of rotatable bonds is 9. The van der Waals surface area contributed by atoms with E-state index in [9.17, 15) is 14.0 Å². The Morgan fingerprint density at radius 3 is 2.30 bits per heavy atom. The third kappa shape index (κ3) is 5.86. The Balaban J connectivity index is 1.21. The molecule has 0 atom stereocenters. The van der Waals surface area contributed by atoms with Crippen molar-refractivity contribution in [1.29, 1.82) is 0 Å². The number of anilines is 2. The molecule has 2 aromatic heterocycles. The van der Waals surface area contributed by atoms with Crippen LogP contribution in [-0.2, 0) is 16.1 Å². The molecule has 1 aliphatic carbocycles. The molecular formula is C33H28ClF2N5O3. The normalized spacial score (nSPS) is 13.6. The number of carbonyl (C=O) groups is 2. The number of halogens is 3. The van der Waals surface area contributed by atoms with Gasteiger partial charge in [0.1, 0.15) is 16.7 Å². The van der Waals surface area contributed by atoms with Crippen LogP contribution in [0, 0.1) is 17.0 Å². The molecule has 3 aromatic carbocycles. The van der Waals surface area contributed by atoms with E-state index in [4.69, 9.17) is 16.3 Å². The van der Waals surface area contributed by atoms with Crippen molar-refractivity contribution < 1.29 is 23.1 Å². The minimum atomic E-state index is -1.28. The zero-order valence-corrected chi connectivity index (χ0v) is 24.7. The molecule has 2 heterocycles. The van der Waals surface area contributed by atoms with Crippen molar-refractivity contribution in [2.24, 2.45) is 5.41 Å². The van der Waals surface area contributed by atoms with E-state index in [0.29, 0.717) is 34.8 Å². The van der Waals surface area contributed by atoms with Gasteiger partial charge in [0.2, 0.25) is 11.8 Å². The van der Waals surface area contributed by atoms with Gasteiger partial charge >= 0.3 is 0 Å². The quantitative estimate of drug-likeness (QED) is 0.172. The Morgan fingerprint density at radius 1 is 0.909 bits per heavy atom. The summed E-state index contributed by atoms with van der Waals surface area (Å²) in [5.74, 6) is -1.90. The van der Waals surface area contributed by atoms with Crippen molar-refractivity contribution in [2.45, 2.75) is 19.4 Å². The van der Waals surface area contributed by atoms with Crippen molar-refractivity contribution >= 4 is 40.3 Å². The first-order chi connectivity index (χ1) is 21.1. The average Bonchev–Trinajstić information content (AvgIpc) is 3.70. The molecule has 8 nitrogen and oxygen atoms in total. The average molecular weight is 616 g/mol. The van der Waals surface area contributed by atoms with Crippen LogP contribution >= 0.6 is 11.6 Å². The molecule has 0 saturated heterocycles. The van der Waals surface area contributed by atoms with Crippen LogP contribution in [0.3, 0.4) is 0 Å². The molecular weight excluding hydrogens is 588 g/mol. The zero-order chi connectivity index (χ0) is 31.0. The van der Waals surface area contributed by atoms with E-state index in [1.165, 1.54) is 36.4 Å². The summed E-state index contributed by atoms with van der Waals surface area (Å²) in [5.41, 5.74) is 2.52. The molecule has 0 radical (unpaired) electrons. The lowest BCUT2D eigenvalue weighted by molar-refractivity contribution is -0.131. The fourth-order valence-corrected chi connectivity index (χ4v) is 5.27. The van der Waals surface area contributed by atoms with Gasteiger partial charge in [-0.2, -0.15) is 5.10 Å². The second-order valence-electron chi connectivity index (χ2n) is 11.0. The van der Waals surface area contributed by atoms with E-state index in [1.807, 2.05) is 38.4 Å². The Morgan fingerprint density at radius 2 is 1.61 bits per heavy atom. The summed E-state index contributed by atoms with van der Waals surface area (Å²) in [4.78, 5) is 28.0. The SMILES string of the molecule is CN(C)Cc1ccc(Cl)c(-c2ccn3nccc(Oc4ccc(NC(=O)C5(C(=O)Nc6ccc(F)cc6)CC5)cc4F)c23)c1. The van der Waals surface area contributed by atoms with E-state index >= 15 is 4.39 Å². The Kier molecular flexibility index (Phi) is 7.79. The molecule has 0 aliphatic heterocycles. The highest BCUT2D eigenvalue weighted by molar-refractivity contribution is 6.33. The molecule has 5 aromatic rings. The smallest absolute Gasteiger partial charge is 0.240 e. The molecule has 0 bridgehead atoms. The van der Waals surface area contributed by atoms with Gasteiger partial charge in [0.05, 0.1) is 6.20 Å². The topological polar surface area (TPSA) is 88.0 Å². The maximum Gasteiger partial charge on any atom is 0.240 e. The van der Waals surface area contributed by atoms with Crippen LogP contribution in [0.15, 0.2) is 85.2 Å². The lowest BCUT2D eigenvalue weighted by Crippen LogP contribution is -2.35. The molecule has 2 N–H and O–H groups in total. The minimum Gasteiger partial charge on any atom is -0.452 e. The highest BCUT2D eigenvalue weighted by Gasteiger charge is 2.56. The third-order valence-electron chi connectivity index (χ3n) is 7.47. The van der Waals surface area contributed by atoms with Crippen LogP contribution in [0.5, 0.6) is 11.5 Å². The van der Waals surface area contributed by atoms with Crippen molar-refractivity contribution in [3.8, 4) is 22.6 Å². The van der Waals surface area contributed by atoms with E-state index in [0.717, 1.165) is 29.3 Å². The van der Waals surface area contributed by atoms with Gasteiger partial charge in [-0.3, -0.25) is 9.59 Å². The Bertz CT molecular complexity index is 1890. The molecule has 0 unspecified atom stereocenters. The van der Waals surface area contributed by atoms with Crippen LogP contribution in [0.1, 0.15) is 18.4 Å². The van der Waals surface area contributed by atoms with Crippen molar-refractivity contribution in [3.05, 3.63) is 107 Å². The first-order valence-electron chi connectivity index (χ1n) is 13.9. The summed E-state index contributed by atoms with van der Waals surface area (Å²) < 4.78 is 36.2. The fourth-order valence-electron chi connectivity index (χ4n) is 5.05. The molecule has 1 aliphatic rings. The Labute approximate surface area is 257 Å². The van der Waals surface area contributed by atoms with Crippen LogP contribution in [-0.4, -0.2) is 40.4 Å². The molecule has 44 heavy (non-hydrogen) atoms. The number of fused-ring (bicyclic) bond motifs is 1. The van der Waals surface area contributed by atoms with Gasteiger partial charge in [0.15, 0.2) is 17.3 Å². The minimum absolute atomic E-state index is 0.0640. The van der Waals surface area contributed by atoms with Crippen LogP contribution in [0.2, 0.25) is 5.02 Å². The Hall–Kier alpha value is -4.80. The van der Waals surface area contributed by atoms with E-state index < -0.39 is 28.9 Å². The third-order valence-corrected chi connectivity index (χ3v) is 7.80. The number of aromatic nitrogens is 2. The van der Waals surface area contributed by atoms with Gasteiger partial charge in [-0.1, -0.05) is 17.7 Å². The lowest BCUT2D eigenvalue weighted by atomic mass is 10.0. The number of carbonyl (C=O) groups excluding carboxylic acids is 2. The summed E-state index contributed by atoms with van der Waals surface area (Å²) in [6.07, 6.45) is 4.01. The fraction of sp³-hybridized carbons (Fsp3) is 0.182. The predicted molar refractivity (Wildman–Crippen MR) is 165 cm³/mol. The predicted octanol–water partition coefficient (Wildman–Crippen LogP) is 7.14. The highest BCUT2D eigenvalue weighted by Crippen LogP contribution is 2.47. The van der Waals surface area contributed by atoms with Crippen LogP contribution in [0.25, 0.3) is 16.6 Å². The van der Waals surface area contributed by atoms with Gasteiger partial charge in [0.25, 0.3) is 0 Å². The van der Waals surface area contributed by atoms with Gasteiger partial charge in [-0.15, -0.1) is 0 Å². The van der Waals surface area contributed by atoms with Crippen LogP contribution in [0.4, 0.5) is 20.2 Å². The summed E-state index contributed by atoms with van der Waals surface area (Å²) in [6.45, 7) is 0.728. The van der Waals surface area contributed by atoms with Crippen molar-refractivity contribution in [2.75, 3.05) is 24.7 Å². The monoisotopic (exact) mass is 615 g/mol. The largest absolute Gasteiger partial charge is 0.452 e. The first-order valence-corrected chi connectivity index (χ1v) is 14.3. The van der Waals surface area contributed by atoms with Gasteiger partial charge in [-0.25, -0.2) is 13.3 Å². The summed E-state index contributed by atoms with van der Waals surface area (Å²) >= 11 is 6.61. The molecule has 0 spiro atoms. The molecule has 224 valence electrons. The maximum atomic E-state index is 15.3. The number of amides is 2. The zero-order valence-electron chi connectivity index (χ0n) is 23.9. The molecule has 11 heteroatoms. The van der Waals surface area contributed by atoms with Gasteiger partial charge in [0, 0.05) is 52.4 Å². The second kappa shape index (κ2) is 11.7. The van der Waals surface area contributed by atoms with E-state index in [2.05, 4.69) is 20.6 Å². The summed E-state index contributed by atoms with van der Waals surface area (Å²) in [5, 5.41) is 10.2. The molecule has 1 fully saturated rings. The lowest BCUT2D eigenvalue weighted by Gasteiger charge is -2.16. The standard InChI is InChI=1S/C33H28ClF2N5O3/c1-40(2)19-20-3-9-26(34)25(17-20)24-12-16-41-30(24)29(11-15-37-41)44-28-10-8-23(18-27(28)36)39-32(43)33(13-14-33)31(42)38-22-6-4-21(35)5-7-22/h3-12,15-18H,13-14,19H2,1-2H3,(H,38,42)(H,39,43). The van der Waals surface area contributed by atoms with E-state index in [-0.39, 0.29) is 11.4 Å². The number of hydrogen-bond acceptors (Lipinski definition) is 5. The second-order valence-corrected chi connectivity index (χ2v) is 11.4. The molecule has 2 amide bonds. The number of benzene rings is 3. The number of nitrogens with one attached hydrogen (secondary N) is 2. The maximum absolute atomic E-state index is 15.3. The van der Waals surface area contributed by atoms with Crippen LogP contribution < -0.4 is 15.4 Å². The van der Waals surface area contributed by atoms with Crippen molar-refractivity contribution in [1.82, 2.24) is 14.5 Å². The summed E-state index contributed by atoms with van der Waals surface area (Å²) in [6, 6.07) is 18.7.